The number of aromatic nitrogens is 2. The highest BCUT2D eigenvalue weighted by atomic mass is 19.1. The standard InChI is InChI=1S/C34H30FN7O4/c1-46-31-8-6-22(15-30(31)43)28-20-40-34(27(17-37)33(28)24-5-7-26(16-36)39-19-24)42-12-10-25(11-13-42)38-18-23-4-2-21(14-29(23)35)3-9-32(44)41-45/h2-9,14-15,19-20,25,38,43,45H,10-13,18H2,1H3,(H,41,44)/b9-3+. The molecule has 1 aliphatic heterocycles. The number of carbonyl (C=O) groups is 1. The lowest BCUT2D eigenvalue weighted by atomic mass is 9.92. The second kappa shape index (κ2) is 14.3. The Labute approximate surface area is 264 Å². The molecule has 3 heterocycles. The molecule has 5 rings (SSSR count). The summed E-state index contributed by atoms with van der Waals surface area (Å²) >= 11 is 0. The van der Waals surface area contributed by atoms with Crippen LogP contribution in [0.2, 0.25) is 0 Å². The molecule has 0 radical (unpaired) electrons. The summed E-state index contributed by atoms with van der Waals surface area (Å²) in [5.74, 6) is -0.333. The number of methoxy groups -OCH3 is 1. The average molecular weight is 620 g/mol. The van der Waals surface area contributed by atoms with E-state index in [9.17, 15) is 24.8 Å². The molecule has 12 heteroatoms. The van der Waals surface area contributed by atoms with Gasteiger partial charge < -0.3 is 20.1 Å². The zero-order valence-corrected chi connectivity index (χ0v) is 24.9. The molecule has 1 saturated heterocycles. The SMILES string of the molecule is COc1ccc(-c2cnc(N3CCC(NCc4ccc(/C=C/C(=O)NO)cc4F)CC3)c(C#N)c2-c2ccc(C#N)nc2)cc1O. The highest BCUT2D eigenvalue weighted by Gasteiger charge is 2.26. The molecule has 2 aromatic carbocycles. The fourth-order valence-electron chi connectivity index (χ4n) is 5.40. The molecule has 4 aromatic rings. The highest BCUT2D eigenvalue weighted by molar-refractivity contribution is 5.91. The van der Waals surface area contributed by atoms with E-state index in [1.54, 1.807) is 54.9 Å². The number of amides is 1. The number of anilines is 1. The Morgan fingerprint density at radius 2 is 1.87 bits per heavy atom. The van der Waals surface area contributed by atoms with E-state index in [4.69, 9.17) is 14.9 Å². The zero-order chi connectivity index (χ0) is 32.6. The smallest absolute Gasteiger partial charge is 0.267 e. The first-order chi connectivity index (χ1) is 22.3. The van der Waals surface area contributed by atoms with E-state index in [1.807, 2.05) is 6.07 Å². The Bertz CT molecular complexity index is 1860. The first-order valence-electron chi connectivity index (χ1n) is 14.4. The fourth-order valence-corrected chi connectivity index (χ4v) is 5.40. The maximum atomic E-state index is 14.7. The first kappa shape index (κ1) is 31.6. The lowest BCUT2D eigenvalue weighted by Gasteiger charge is -2.34. The van der Waals surface area contributed by atoms with E-state index in [0.717, 1.165) is 18.9 Å². The normalized spacial score (nSPS) is 13.3. The van der Waals surface area contributed by atoms with Gasteiger partial charge in [-0.25, -0.2) is 19.8 Å². The maximum absolute atomic E-state index is 14.7. The monoisotopic (exact) mass is 619 g/mol. The largest absolute Gasteiger partial charge is 0.504 e. The zero-order valence-electron chi connectivity index (χ0n) is 24.9. The minimum Gasteiger partial charge on any atom is -0.504 e. The van der Waals surface area contributed by atoms with E-state index < -0.39 is 11.7 Å². The van der Waals surface area contributed by atoms with Crippen molar-refractivity contribution in [1.82, 2.24) is 20.8 Å². The predicted octanol–water partition coefficient (Wildman–Crippen LogP) is 4.68. The number of pyridine rings is 2. The van der Waals surface area contributed by atoms with Crippen LogP contribution in [0.3, 0.4) is 0 Å². The number of aromatic hydroxyl groups is 1. The molecule has 11 nitrogen and oxygen atoms in total. The summed E-state index contributed by atoms with van der Waals surface area (Å²) in [6.07, 6.45) is 7.19. The number of hydrogen-bond acceptors (Lipinski definition) is 10. The summed E-state index contributed by atoms with van der Waals surface area (Å²) in [6.45, 7) is 1.52. The number of phenols is 1. The number of hydroxylamine groups is 1. The van der Waals surface area contributed by atoms with Crippen molar-refractivity contribution in [3.8, 4) is 45.9 Å². The van der Waals surface area contributed by atoms with Crippen molar-refractivity contribution in [3.05, 3.63) is 95.2 Å². The topological polar surface area (TPSA) is 167 Å². The van der Waals surface area contributed by atoms with Crippen LogP contribution in [0.15, 0.2) is 67.0 Å². The van der Waals surface area contributed by atoms with Crippen LogP contribution < -0.4 is 20.4 Å². The number of nitriles is 2. The van der Waals surface area contributed by atoms with Crippen molar-refractivity contribution in [2.45, 2.75) is 25.4 Å². The Hall–Kier alpha value is -5.82. The number of halogens is 1. The van der Waals surface area contributed by atoms with Crippen LogP contribution in [0.5, 0.6) is 11.5 Å². The van der Waals surface area contributed by atoms with Crippen LogP contribution >= 0.6 is 0 Å². The molecule has 1 amide bonds. The van der Waals surface area contributed by atoms with Crippen LogP contribution in [-0.2, 0) is 11.3 Å². The highest BCUT2D eigenvalue weighted by Crippen LogP contribution is 2.40. The van der Waals surface area contributed by atoms with Crippen molar-refractivity contribution < 1.29 is 24.2 Å². The Morgan fingerprint density at radius 1 is 1.09 bits per heavy atom. The van der Waals surface area contributed by atoms with Crippen LogP contribution in [0.1, 0.15) is 35.2 Å². The third kappa shape index (κ3) is 6.94. The predicted molar refractivity (Wildman–Crippen MR) is 168 cm³/mol. The molecular formula is C34H30FN7O4. The molecule has 2 aromatic heterocycles. The van der Waals surface area contributed by atoms with Gasteiger partial charge in [-0.15, -0.1) is 0 Å². The summed E-state index contributed by atoms with van der Waals surface area (Å²) < 4.78 is 19.9. The second-order valence-electron chi connectivity index (χ2n) is 10.6. The van der Waals surface area contributed by atoms with Gasteiger partial charge in [-0.1, -0.05) is 18.2 Å². The van der Waals surface area contributed by atoms with Crippen LogP contribution in [-0.4, -0.2) is 52.4 Å². The van der Waals surface area contributed by atoms with Crippen molar-refractivity contribution in [2.24, 2.45) is 0 Å². The molecule has 0 aliphatic carbocycles. The van der Waals surface area contributed by atoms with Crippen LogP contribution in [0, 0.1) is 28.5 Å². The van der Waals surface area contributed by atoms with Gasteiger partial charge >= 0.3 is 0 Å². The molecule has 0 saturated carbocycles. The van der Waals surface area contributed by atoms with Gasteiger partial charge in [-0.3, -0.25) is 10.0 Å². The van der Waals surface area contributed by atoms with Gasteiger partial charge in [0.15, 0.2) is 11.5 Å². The van der Waals surface area contributed by atoms with Crippen molar-refractivity contribution in [3.63, 3.8) is 0 Å². The third-order valence-electron chi connectivity index (χ3n) is 7.82. The number of nitrogens with zero attached hydrogens (tertiary/aromatic N) is 5. The van der Waals surface area contributed by atoms with E-state index >= 15 is 0 Å². The number of piperidine rings is 1. The molecule has 46 heavy (non-hydrogen) atoms. The van der Waals surface area contributed by atoms with Gasteiger partial charge in [0.05, 0.1) is 7.11 Å². The minimum atomic E-state index is -0.703. The van der Waals surface area contributed by atoms with E-state index in [1.165, 1.54) is 24.7 Å². The van der Waals surface area contributed by atoms with Crippen LogP contribution in [0.4, 0.5) is 10.2 Å². The molecule has 0 spiro atoms. The van der Waals surface area contributed by atoms with Gasteiger partial charge in [-0.05, 0) is 60.4 Å². The Kier molecular flexibility index (Phi) is 9.83. The van der Waals surface area contributed by atoms with Crippen molar-refractivity contribution in [2.75, 3.05) is 25.1 Å². The first-order valence-corrected chi connectivity index (χ1v) is 14.4. The molecule has 232 valence electrons. The maximum Gasteiger partial charge on any atom is 0.267 e. The van der Waals surface area contributed by atoms with Crippen LogP contribution in [0.25, 0.3) is 28.3 Å². The molecule has 0 atom stereocenters. The number of nitrogens with one attached hydrogen (secondary N) is 2. The fraction of sp³-hybridized carbons (Fsp3) is 0.206. The van der Waals surface area contributed by atoms with Crippen molar-refractivity contribution in [1.29, 1.82) is 10.5 Å². The van der Waals surface area contributed by atoms with E-state index in [2.05, 4.69) is 21.3 Å². The van der Waals surface area contributed by atoms with Gasteiger partial charge in [0.25, 0.3) is 5.91 Å². The van der Waals surface area contributed by atoms with Gasteiger partial charge in [-0.2, -0.15) is 10.5 Å². The number of benzene rings is 2. The van der Waals surface area contributed by atoms with Gasteiger partial charge in [0, 0.05) is 66.4 Å². The molecule has 4 N–H and O–H groups in total. The third-order valence-corrected chi connectivity index (χ3v) is 7.82. The molecule has 0 bridgehead atoms. The Morgan fingerprint density at radius 3 is 2.50 bits per heavy atom. The number of ether oxygens (including phenoxy) is 1. The molecular weight excluding hydrogens is 589 g/mol. The number of hydrogen-bond donors (Lipinski definition) is 4. The minimum absolute atomic E-state index is 0.0548. The quantitative estimate of drug-likeness (QED) is 0.117. The number of carbonyl (C=O) groups excluding carboxylic acids is 1. The summed E-state index contributed by atoms with van der Waals surface area (Å²) in [4.78, 5) is 22.2. The van der Waals surface area contributed by atoms with Gasteiger partial charge in [0.1, 0.15) is 35.0 Å². The molecule has 1 fully saturated rings. The summed E-state index contributed by atoms with van der Waals surface area (Å²) in [6, 6.07) is 17.4. The second-order valence-corrected chi connectivity index (χ2v) is 10.6. The lowest BCUT2D eigenvalue weighted by Crippen LogP contribution is -2.43. The van der Waals surface area contributed by atoms with E-state index in [0.29, 0.717) is 70.1 Å². The average Bonchev–Trinajstić information content (AvgIpc) is 3.09. The molecule has 0 unspecified atom stereocenters. The lowest BCUT2D eigenvalue weighted by molar-refractivity contribution is -0.124. The summed E-state index contributed by atoms with van der Waals surface area (Å²) in [7, 11) is 1.46. The molecule has 1 aliphatic rings. The number of rotatable bonds is 9. The summed E-state index contributed by atoms with van der Waals surface area (Å²) in [5.41, 5.74) is 5.51. The van der Waals surface area contributed by atoms with Gasteiger partial charge in [0.2, 0.25) is 0 Å². The Balaban J connectivity index is 1.35. The van der Waals surface area contributed by atoms with Crippen molar-refractivity contribution >= 4 is 17.8 Å². The van der Waals surface area contributed by atoms with E-state index in [-0.39, 0.29) is 17.5 Å². The number of phenolic OH excluding ortho intramolecular Hbond substituents is 1. The summed E-state index contributed by atoms with van der Waals surface area (Å²) in [5, 5.41) is 42.2.